The van der Waals surface area contributed by atoms with E-state index in [0.29, 0.717) is 4.71 Å². The normalized spacial score (nSPS) is 12.0. The molecule has 1 heterocycles. The molecule has 0 radical (unpaired) electrons. The van der Waals surface area contributed by atoms with Gasteiger partial charge < -0.3 is 4.52 Å². The van der Waals surface area contributed by atoms with Gasteiger partial charge in [0.1, 0.15) is 0 Å². The molecular formula is C8H13NOS. The zero-order chi connectivity index (χ0) is 8.65. The quantitative estimate of drug-likeness (QED) is 0.608. The van der Waals surface area contributed by atoms with Crippen LogP contribution in [0.4, 0.5) is 0 Å². The van der Waals surface area contributed by atoms with Crippen LogP contribution >= 0.6 is 12.2 Å². The molecular weight excluding hydrogens is 158 g/mol. The van der Waals surface area contributed by atoms with E-state index in [1.807, 2.05) is 6.92 Å². The average molecular weight is 171 g/mol. The second kappa shape index (κ2) is 2.48. The van der Waals surface area contributed by atoms with Gasteiger partial charge in [-0.2, -0.15) is 0 Å². The van der Waals surface area contributed by atoms with E-state index in [1.165, 1.54) is 0 Å². The van der Waals surface area contributed by atoms with E-state index in [9.17, 15) is 0 Å². The lowest BCUT2D eigenvalue weighted by atomic mass is 9.90. The zero-order valence-electron chi connectivity index (χ0n) is 7.32. The maximum atomic E-state index is 5.01. The number of aromatic nitrogens is 1. The van der Waals surface area contributed by atoms with E-state index in [2.05, 4.69) is 25.9 Å². The van der Waals surface area contributed by atoms with E-state index in [4.69, 9.17) is 16.7 Å². The van der Waals surface area contributed by atoms with E-state index >= 15 is 0 Å². The largest absolute Gasteiger partial charge is 0.370 e. The molecule has 0 aliphatic rings. The number of hydrogen-bond donors (Lipinski definition) is 1. The molecule has 0 saturated carbocycles. The zero-order valence-corrected chi connectivity index (χ0v) is 8.13. The molecule has 0 aromatic carbocycles. The third-order valence-electron chi connectivity index (χ3n) is 1.68. The molecule has 1 N–H and O–H groups in total. The summed E-state index contributed by atoms with van der Waals surface area (Å²) in [6.45, 7) is 8.34. The molecule has 0 bridgehead atoms. The van der Waals surface area contributed by atoms with Crippen LogP contribution in [0.3, 0.4) is 0 Å². The van der Waals surface area contributed by atoms with Crippen molar-refractivity contribution in [3.8, 4) is 0 Å². The molecule has 0 aliphatic carbocycles. The molecule has 2 nitrogen and oxygen atoms in total. The molecule has 0 saturated heterocycles. The molecule has 1 rings (SSSR count). The van der Waals surface area contributed by atoms with Gasteiger partial charge in [0.2, 0.25) is 4.71 Å². The van der Waals surface area contributed by atoms with Gasteiger partial charge in [-0.3, -0.25) is 0 Å². The van der Waals surface area contributed by atoms with Crippen LogP contribution in [-0.4, -0.2) is 5.16 Å². The number of H-pyrrole nitrogens is 1. The van der Waals surface area contributed by atoms with Gasteiger partial charge in [0.05, 0.1) is 5.69 Å². The Labute approximate surface area is 71.6 Å². The molecule has 0 unspecified atom stereocenters. The number of nitrogens with one attached hydrogen (secondary N) is 1. The molecule has 1 aromatic heterocycles. The third kappa shape index (κ3) is 1.53. The van der Waals surface area contributed by atoms with Crippen LogP contribution in [0.5, 0.6) is 0 Å². The first-order valence-electron chi connectivity index (χ1n) is 3.61. The van der Waals surface area contributed by atoms with Gasteiger partial charge >= 0.3 is 0 Å². The Hall–Kier alpha value is -0.570. The highest BCUT2D eigenvalue weighted by Crippen LogP contribution is 2.24. The lowest BCUT2D eigenvalue weighted by Gasteiger charge is -2.15. The number of rotatable bonds is 0. The van der Waals surface area contributed by atoms with Crippen molar-refractivity contribution < 1.29 is 4.52 Å². The number of hydrogen-bond acceptors (Lipinski definition) is 2. The highest BCUT2D eigenvalue weighted by Gasteiger charge is 2.19. The molecule has 0 spiro atoms. The Balaban J connectivity index is 3.26. The lowest BCUT2D eigenvalue weighted by Crippen LogP contribution is -2.12. The first-order chi connectivity index (χ1) is 4.93. The van der Waals surface area contributed by atoms with Crippen molar-refractivity contribution in [2.45, 2.75) is 33.1 Å². The monoisotopic (exact) mass is 171 g/mol. The van der Waals surface area contributed by atoms with E-state index in [-0.39, 0.29) is 5.41 Å². The van der Waals surface area contributed by atoms with Crippen LogP contribution in [0.1, 0.15) is 32.0 Å². The summed E-state index contributed by atoms with van der Waals surface area (Å²) in [5.41, 5.74) is 2.22. The minimum absolute atomic E-state index is 0.0879. The molecule has 3 heteroatoms. The van der Waals surface area contributed by atoms with Gasteiger partial charge in [0.25, 0.3) is 0 Å². The molecule has 0 atom stereocenters. The lowest BCUT2D eigenvalue weighted by molar-refractivity contribution is 0.384. The predicted octanol–water partition coefficient (Wildman–Crippen LogP) is 2.94. The fraction of sp³-hybridized carbons (Fsp3) is 0.625. The molecule has 11 heavy (non-hydrogen) atoms. The highest BCUT2D eigenvalue weighted by atomic mass is 32.1. The Kier molecular flexibility index (Phi) is 1.92. The van der Waals surface area contributed by atoms with Crippen molar-refractivity contribution in [1.29, 1.82) is 0 Å². The Morgan fingerprint density at radius 2 is 1.91 bits per heavy atom. The summed E-state index contributed by atoms with van der Waals surface area (Å²) >= 11 is 4.95. The Bertz CT molecular complexity index is 303. The summed E-state index contributed by atoms with van der Waals surface area (Å²) in [5, 5.41) is 2.83. The summed E-state index contributed by atoms with van der Waals surface area (Å²) in [6, 6.07) is 0. The van der Waals surface area contributed by atoms with Crippen molar-refractivity contribution in [2.24, 2.45) is 0 Å². The topological polar surface area (TPSA) is 28.9 Å². The third-order valence-corrected chi connectivity index (χ3v) is 2.07. The first kappa shape index (κ1) is 8.53. The summed E-state index contributed by atoms with van der Waals surface area (Å²) < 4.78 is 5.58. The molecule has 0 fully saturated rings. The maximum Gasteiger partial charge on any atom is 0.223 e. The smallest absolute Gasteiger partial charge is 0.223 e. The minimum atomic E-state index is 0.0879. The van der Waals surface area contributed by atoms with E-state index in [0.717, 1.165) is 11.3 Å². The summed E-state index contributed by atoms with van der Waals surface area (Å²) in [7, 11) is 0. The van der Waals surface area contributed by atoms with Gasteiger partial charge in [0.15, 0.2) is 0 Å². The fourth-order valence-corrected chi connectivity index (χ4v) is 1.21. The maximum absolute atomic E-state index is 5.01. The van der Waals surface area contributed by atoms with Gasteiger partial charge in [0, 0.05) is 11.0 Å². The number of aromatic amines is 1. The van der Waals surface area contributed by atoms with Crippen molar-refractivity contribution in [2.75, 3.05) is 0 Å². The van der Waals surface area contributed by atoms with E-state index in [1.54, 1.807) is 0 Å². The molecule has 1 aromatic rings. The Morgan fingerprint density at radius 1 is 1.36 bits per heavy atom. The van der Waals surface area contributed by atoms with Gasteiger partial charge in [-0.1, -0.05) is 20.8 Å². The summed E-state index contributed by atoms with van der Waals surface area (Å²) in [5.74, 6) is 0. The van der Waals surface area contributed by atoms with Gasteiger partial charge in [-0.15, -0.1) is 0 Å². The van der Waals surface area contributed by atoms with Gasteiger partial charge in [-0.05, 0) is 19.1 Å². The standard InChI is InChI=1S/C8H13NOS/c1-5-6(8(2,3)4)9-10-7(5)11/h9H,1-4H3. The van der Waals surface area contributed by atoms with Crippen molar-refractivity contribution in [1.82, 2.24) is 5.16 Å². The fourth-order valence-electron chi connectivity index (χ4n) is 1.07. The second-order valence-electron chi connectivity index (χ2n) is 3.74. The summed E-state index contributed by atoms with van der Waals surface area (Å²) in [6.07, 6.45) is 0. The average Bonchev–Trinajstić information content (AvgIpc) is 2.11. The minimum Gasteiger partial charge on any atom is -0.370 e. The van der Waals surface area contributed by atoms with Crippen LogP contribution in [0.15, 0.2) is 4.52 Å². The Morgan fingerprint density at radius 3 is 2.09 bits per heavy atom. The van der Waals surface area contributed by atoms with Crippen molar-refractivity contribution >= 4 is 12.2 Å². The van der Waals surface area contributed by atoms with Crippen LogP contribution < -0.4 is 0 Å². The van der Waals surface area contributed by atoms with Crippen LogP contribution in [0.2, 0.25) is 0 Å². The second-order valence-corrected chi connectivity index (χ2v) is 4.11. The van der Waals surface area contributed by atoms with Crippen LogP contribution in [0.25, 0.3) is 0 Å². The summed E-state index contributed by atoms with van der Waals surface area (Å²) in [4.78, 5) is 0. The van der Waals surface area contributed by atoms with Crippen LogP contribution in [-0.2, 0) is 5.41 Å². The van der Waals surface area contributed by atoms with Crippen molar-refractivity contribution in [3.63, 3.8) is 0 Å². The SMILES string of the molecule is Cc1c(C(C)(C)C)[nH]oc1=S. The first-order valence-corrected chi connectivity index (χ1v) is 4.02. The molecule has 0 aliphatic heterocycles. The molecule has 62 valence electrons. The highest BCUT2D eigenvalue weighted by molar-refractivity contribution is 7.71. The molecule has 0 amide bonds. The predicted molar refractivity (Wildman–Crippen MR) is 47.3 cm³/mol. The van der Waals surface area contributed by atoms with Gasteiger partial charge in [-0.25, -0.2) is 5.16 Å². The van der Waals surface area contributed by atoms with Crippen molar-refractivity contribution in [3.05, 3.63) is 16.0 Å². The van der Waals surface area contributed by atoms with Crippen LogP contribution in [0, 0.1) is 11.6 Å². The van der Waals surface area contributed by atoms with E-state index < -0.39 is 0 Å².